The third-order valence-electron chi connectivity index (χ3n) is 5.46. The molecule has 0 spiro atoms. The monoisotopic (exact) mass is 446 g/mol. The molecule has 0 bridgehead atoms. The van der Waals surface area contributed by atoms with Crippen LogP contribution in [-0.2, 0) is 10.0 Å². The first-order chi connectivity index (χ1) is 13.8. The fourth-order valence-corrected chi connectivity index (χ4v) is 4.31. The quantitative estimate of drug-likeness (QED) is 0.623. The van der Waals surface area contributed by atoms with Gasteiger partial charge < -0.3 is 10.1 Å². The summed E-state index contributed by atoms with van der Waals surface area (Å²) in [5, 5.41) is 8.11. The predicted molar refractivity (Wildman–Crippen MR) is 104 cm³/mol. The Morgan fingerprint density at radius 1 is 1.13 bits per heavy atom. The molecule has 1 aliphatic carbocycles. The van der Waals surface area contributed by atoms with E-state index in [0.29, 0.717) is 6.54 Å². The summed E-state index contributed by atoms with van der Waals surface area (Å²) in [6.07, 6.45) is -4.50. The molecule has 10 heteroatoms. The number of nitrogens with one attached hydrogen (secondary N) is 1. The number of sulfonamides is 1. The number of primary sulfonamides is 1. The van der Waals surface area contributed by atoms with E-state index < -0.39 is 28.6 Å². The van der Waals surface area contributed by atoms with Gasteiger partial charge in [-0.2, -0.15) is 13.2 Å². The molecule has 1 fully saturated rings. The number of ether oxygens (including phenoxy) is 1. The zero-order chi connectivity index (χ0) is 22.3. The van der Waals surface area contributed by atoms with Crippen LogP contribution in [0.5, 0.6) is 5.75 Å². The van der Waals surface area contributed by atoms with E-state index in [1.807, 2.05) is 13.8 Å². The molecular formula is C20H22F4N2O3S. The van der Waals surface area contributed by atoms with Crippen LogP contribution >= 0.6 is 0 Å². The molecule has 0 aliphatic heterocycles. The van der Waals surface area contributed by atoms with Crippen LogP contribution in [0.25, 0.3) is 0 Å². The van der Waals surface area contributed by atoms with Gasteiger partial charge in [-0.3, -0.25) is 0 Å². The molecule has 3 rings (SSSR count). The lowest BCUT2D eigenvalue weighted by atomic mass is 10.0. The predicted octanol–water partition coefficient (Wildman–Crippen LogP) is 4.27. The number of hydrogen-bond acceptors (Lipinski definition) is 4. The number of halogens is 4. The number of hydrogen-bond donors (Lipinski definition) is 2. The van der Waals surface area contributed by atoms with E-state index >= 15 is 0 Å². The van der Waals surface area contributed by atoms with Gasteiger partial charge in [0, 0.05) is 12.6 Å². The lowest BCUT2D eigenvalue weighted by molar-refractivity contribution is -0.153. The van der Waals surface area contributed by atoms with Gasteiger partial charge in [-0.25, -0.2) is 17.9 Å². The van der Waals surface area contributed by atoms with E-state index in [9.17, 15) is 26.0 Å². The molecule has 2 aromatic rings. The van der Waals surface area contributed by atoms with Crippen molar-refractivity contribution in [2.24, 2.45) is 16.5 Å². The summed E-state index contributed by atoms with van der Waals surface area (Å²) in [6.45, 7) is 2.97. The Morgan fingerprint density at radius 3 is 2.33 bits per heavy atom. The summed E-state index contributed by atoms with van der Waals surface area (Å²) in [4.78, 5) is 0.0191. The van der Waals surface area contributed by atoms with E-state index in [-0.39, 0.29) is 33.6 Å². The highest BCUT2D eigenvalue weighted by Gasteiger charge is 2.57. The van der Waals surface area contributed by atoms with E-state index in [4.69, 9.17) is 9.88 Å². The van der Waals surface area contributed by atoms with Crippen LogP contribution in [0.3, 0.4) is 0 Å². The molecule has 30 heavy (non-hydrogen) atoms. The summed E-state index contributed by atoms with van der Waals surface area (Å²) in [5.41, 5.74) is 0.924. The molecule has 2 atom stereocenters. The number of benzene rings is 2. The maximum Gasteiger partial charge on any atom is 0.422 e. The van der Waals surface area contributed by atoms with E-state index in [1.165, 1.54) is 12.1 Å². The molecule has 164 valence electrons. The van der Waals surface area contributed by atoms with Gasteiger partial charge in [-0.05, 0) is 47.1 Å². The van der Waals surface area contributed by atoms with Crippen molar-refractivity contribution in [3.63, 3.8) is 0 Å². The Morgan fingerprint density at radius 2 is 1.77 bits per heavy atom. The summed E-state index contributed by atoms with van der Waals surface area (Å²) in [7, 11) is -3.78. The second-order valence-electron chi connectivity index (χ2n) is 7.94. The van der Waals surface area contributed by atoms with Crippen LogP contribution in [0.2, 0.25) is 0 Å². The number of nitrogens with two attached hydrogens (primary N) is 1. The third-order valence-corrected chi connectivity index (χ3v) is 6.39. The van der Waals surface area contributed by atoms with Gasteiger partial charge in [0.2, 0.25) is 10.0 Å². The van der Waals surface area contributed by atoms with Crippen molar-refractivity contribution in [3.8, 4) is 5.75 Å². The summed E-state index contributed by atoms with van der Waals surface area (Å²) in [6, 6.07) is 9.58. The topological polar surface area (TPSA) is 81.4 Å². The van der Waals surface area contributed by atoms with Gasteiger partial charge in [0.25, 0.3) is 0 Å². The maximum atomic E-state index is 13.6. The first-order valence-corrected chi connectivity index (χ1v) is 10.7. The first kappa shape index (κ1) is 22.4. The maximum absolute atomic E-state index is 13.6. The van der Waals surface area contributed by atoms with Crippen molar-refractivity contribution in [3.05, 3.63) is 53.8 Å². The van der Waals surface area contributed by atoms with E-state index in [2.05, 4.69) is 5.32 Å². The number of alkyl halides is 3. The minimum absolute atomic E-state index is 0.0191. The minimum Gasteiger partial charge on any atom is -0.482 e. The highest BCUT2D eigenvalue weighted by Crippen LogP contribution is 2.64. The Balaban J connectivity index is 1.71. The lowest BCUT2D eigenvalue weighted by Crippen LogP contribution is -2.20. The molecule has 0 heterocycles. The molecule has 1 aliphatic rings. The molecular weight excluding hydrogens is 424 g/mol. The molecule has 0 saturated heterocycles. The molecule has 1 saturated carbocycles. The standard InChI is InChI=1S/C20H22F4N2O3S/c1-19(2)15(18(19)12-3-6-14(7-4-12)30(25,27)28)10-26-16-9-13(21)5-8-17(16)29-11-20(22,23)24/h3-9,15,18,26H,10-11H2,1-2H3,(H2,25,27,28)/t15?,18-/m1/s1. The second-order valence-corrected chi connectivity index (χ2v) is 9.51. The highest BCUT2D eigenvalue weighted by atomic mass is 32.2. The Bertz CT molecular complexity index is 1020. The lowest BCUT2D eigenvalue weighted by Gasteiger charge is -2.15. The molecule has 1 unspecified atom stereocenters. The smallest absolute Gasteiger partial charge is 0.422 e. The first-order valence-electron chi connectivity index (χ1n) is 9.15. The molecule has 0 amide bonds. The van der Waals surface area contributed by atoms with Crippen molar-refractivity contribution in [2.45, 2.75) is 30.8 Å². The van der Waals surface area contributed by atoms with Gasteiger partial charge >= 0.3 is 6.18 Å². The molecule has 2 aromatic carbocycles. The normalized spacial score (nSPS) is 20.6. The second kappa shape index (κ2) is 7.73. The zero-order valence-corrected chi connectivity index (χ0v) is 17.1. The van der Waals surface area contributed by atoms with Crippen LogP contribution in [0.1, 0.15) is 25.3 Å². The van der Waals surface area contributed by atoms with Crippen LogP contribution in [0.15, 0.2) is 47.4 Å². The summed E-state index contributed by atoms with van der Waals surface area (Å²) >= 11 is 0. The van der Waals surface area contributed by atoms with Crippen molar-refractivity contribution in [2.75, 3.05) is 18.5 Å². The van der Waals surface area contributed by atoms with Crippen LogP contribution in [0, 0.1) is 17.2 Å². The van der Waals surface area contributed by atoms with Crippen LogP contribution in [-0.4, -0.2) is 27.7 Å². The summed E-state index contributed by atoms with van der Waals surface area (Å²) in [5.74, 6) is -0.493. The highest BCUT2D eigenvalue weighted by molar-refractivity contribution is 7.89. The third kappa shape index (κ3) is 5.04. The van der Waals surface area contributed by atoms with Gasteiger partial charge in [0.05, 0.1) is 10.6 Å². The van der Waals surface area contributed by atoms with Gasteiger partial charge in [0.1, 0.15) is 11.6 Å². The average Bonchev–Trinajstić information content (AvgIpc) is 3.18. The van der Waals surface area contributed by atoms with E-state index in [1.54, 1.807) is 12.1 Å². The Hall–Kier alpha value is -2.33. The Labute approximate surface area is 172 Å². The van der Waals surface area contributed by atoms with Gasteiger partial charge in [-0.1, -0.05) is 26.0 Å². The number of anilines is 1. The fourth-order valence-electron chi connectivity index (χ4n) is 3.80. The summed E-state index contributed by atoms with van der Waals surface area (Å²) < 4.78 is 78.6. The van der Waals surface area contributed by atoms with Crippen LogP contribution < -0.4 is 15.2 Å². The molecule has 3 N–H and O–H groups in total. The van der Waals surface area contributed by atoms with Crippen molar-refractivity contribution in [1.82, 2.24) is 0 Å². The molecule has 0 radical (unpaired) electrons. The van der Waals surface area contributed by atoms with Crippen molar-refractivity contribution in [1.29, 1.82) is 0 Å². The minimum atomic E-state index is -4.50. The van der Waals surface area contributed by atoms with Gasteiger partial charge in [-0.15, -0.1) is 0 Å². The average molecular weight is 446 g/mol. The SMILES string of the molecule is CC1(C)C(CNc2cc(F)ccc2OCC(F)(F)F)[C@H]1c1ccc(S(N)(=O)=O)cc1. The van der Waals surface area contributed by atoms with Crippen molar-refractivity contribution >= 4 is 15.7 Å². The Kier molecular flexibility index (Phi) is 5.76. The molecule has 0 aromatic heterocycles. The van der Waals surface area contributed by atoms with E-state index in [0.717, 1.165) is 23.8 Å². The largest absolute Gasteiger partial charge is 0.482 e. The van der Waals surface area contributed by atoms with Crippen LogP contribution in [0.4, 0.5) is 23.2 Å². The van der Waals surface area contributed by atoms with Gasteiger partial charge in [0.15, 0.2) is 6.61 Å². The van der Waals surface area contributed by atoms with Crippen molar-refractivity contribution < 1.29 is 30.7 Å². The molecule has 5 nitrogen and oxygen atoms in total. The zero-order valence-electron chi connectivity index (χ0n) is 16.3. The number of rotatable bonds is 7. The fraction of sp³-hybridized carbons (Fsp3) is 0.400.